The van der Waals surface area contributed by atoms with Crippen molar-refractivity contribution in [3.05, 3.63) is 47.5 Å². The Kier molecular flexibility index (Phi) is 5.31. The highest BCUT2D eigenvalue weighted by molar-refractivity contribution is 5.27. The Morgan fingerprint density at radius 2 is 1.62 bits per heavy atom. The van der Waals surface area contributed by atoms with Crippen LogP contribution in [0, 0.1) is 0 Å². The molecule has 0 N–H and O–H groups in total. The normalized spacial score (nSPS) is 13.6. The first-order valence-corrected chi connectivity index (χ1v) is 6.40. The van der Waals surface area contributed by atoms with Gasteiger partial charge in [0.15, 0.2) is 0 Å². The van der Waals surface area contributed by atoms with Crippen LogP contribution in [-0.2, 0) is 0 Å². The molecule has 0 heterocycles. The molecule has 0 heteroatoms. The SMILES string of the molecule is C/C=C\CC(CC)c1ccc(C(C)C)cc1. The van der Waals surface area contributed by atoms with Gasteiger partial charge in [-0.2, -0.15) is 0 Å². The lowest BCUT2D eigenvalue weighted by Crippen LogP contribution is -1.96. The molecular formula is C16H24. The van der Waals surface area contributed by atoms with Gasteiger partial charge in [-0.15, -0.1) is 0 Å². The first kappa shape index (κ1) is 13.0. The van der Waals surface area contributed by atoms with Crippen LogP contribution < -0.4 is 0 Å². The van der Waals surface area contributed by atoms with Crippen molar-refractivity contribution in [3.63, 3.8) is 0 Å². The van der Waals surface area contributed by atoms with Crippen LogP contribution in [0.4, 0.5) is 0 Å². The third-order valence-corrected chi connectivity index (χ3v) is 3.22. The van der Waals surface area contributed by atoms with Gasteiger partial charge in [0.1, 0.15) is 0 Å². The minimum Gasteiger partial charge on any atom is -0.0916 e. The summed E-state index contributed by atoms with van der Waals surface area (Å²) in [6, 6.07) is 9.15. The van der Waals surface area contributed by atoms with E-state index in [1.165, 1.54) is 17.5 Å². The maximum Gasteiger partial charge on any atom is -0.0130 e. The lowest BCUT2D eigenvalue weighted by molar-refractivity contribution is 0.673. The molecular weight excluding hydrogens is 192 g/mol. The summed E-state index contributed by atoms with van der Waals surface area (Å²) in [7, 11) is 0. The lowest BCUT2D eigenvalue weighted by Gasteiger charge is -2.14. The number of hydrogen-bond acceptors (Lipinski definition) is 0. The molecule has 1 aromatic carbocycles. The molecule has 0 aliphatic heterocycles. The number of rotatable bonds is 5. The molecule has 0 aromatic heterocycles. The van der Waals surface area contributed by atoms with Gasteiger partial charge in [-0.25, -0.2) is 0 Å². The highest BCUT2D eigenvalue weighted by Gasteiger charge is 2.07. The molecule has 1 rings (SSSR count). The van der Waals surface area contributed by atoms with Gasteiger partial charge >= 0.3 is 0 Å². The molecule has 0 amide bonds. The maximum atomic E-state index is 2.30. The zero-order valence-corrected chi connectivity index (χ0v) is 11.0. The van der Waals surface area contributed by atoms with Gasteiger partial charge in [0.2, 0.25) is 0 Å². The Bertz CT molecular complexity index is 316. The van der Waals surface area contributed by atoms with Crippen LogP contribution in [0.2, 0.25) is 0 Å². The van der Waals surface area contributed by atoms with Crippen LogP contribution >= 0.6 is 0 Å². The van der Waals surface area contributed by atoms with Crippen LogP contribution in [-0.4, -0.2) is 0 Å². The molecule has 16 heavy (non-hydrogen) atoms. The summed E-state index contributed by atoms with van der Waals surface area (Å²) in [6.07, 6.45) is 6.79. The van der Waals surface area contributed by atoms with Crippen molar-refractivity contribution in [2.75, 3.05) is 0 Å². The number of hydrogen-bond donors (Lipinski definition) is 0. The highest BCUT2D eigenvalue weighted by Crippen LogP contribution is 2.25. The molecule has 0 fully saturated rings. The second kappa shape index (κ2) is 6.52. The van der Waals surface area contributed by atoms with E-state index in [0.29, 0.717) is 11.8 Å². The Morgan fingerprint density at radius 1 is 1.06 bits per heavy atom. The minimum atomic E-state index is 0.629. The summed E-state index contributed by atoms with van der Waals surface area (Å²) in [5, 5.41) is 0. The summed E-state index contributed by atoms with van der Waals surface area (Å²) in [5.41, 5.74) is 2.91. The third-order valence-electron chi connectivity index (χ3n) is 3.22. The molecule has 0 radical (unpaired) electrons. The minimum absolute atomic E-state index is 0.629. The average molecular weight is 216 g/mol. The van der Waals surface area contributed by atoms with Crippen LogP contribution in [0.1, 0.15) is 63.5 Å². The molecule has 0 aliphatic carbocycles. The quantitative estimate of drug-likeness (QED) is 0.588. The summed E-state index contributed by atoms with van der Waals surface area (Å²) in [6.45, 7) is 8.84. The average Bonchev–Trinajstić information content (AvgIpc) is 2.30. The molecule has 1 aromatic rings. The molecule has 0 saturated heterocycles. The van der Waals surface area contributed by atoms with Gasteiger partial charge in [0, 0.05) is 0 Å². The molecule has 1 unspecified atom stereocenters. The fourth-order valence-electron chi connectivity index (χ4n) is 1.99. The summed E-state index contributed by atoms with van der Waals surface area (Å²) < 4.78 is 0. The first-order valence-electron chi connectivity index (χ1n) is 6.40. The zero-order chi connectivity index (χ0) is 12.0. The monoisotopic (exact) mass is 216 g/mol. The molecule has 0 spiro atoms. The number of benzene rings is 1. The largest absolute Gasteiger partial charge is 0.0916 e. The van der Waals surface area contributed by atoms with E-state index in [1.54, 1.807) is 0 Å². The van der Waals surface area contributed by atoms with Crippen LogP contribution in [0.5, 0.6) is 0 Å². The Hall–Kier alpha value is -1.04. The molecule has 0 aliphatic rings. The van der Waals surface area contributed by atoms with Crippen molar-refractivity contribution in [3.8, 4) is 0 Å². The predicted molar refractivity (Wildman–Crippen MR) is 73.0 cm³/mol. The predicted octanol–water partition coefficient (Wildman–Crippen LogP) is 5.27. The van der Waals surface area contributed by atoms with E-state index < -0.39 is 0 Å². The lowest BCUT2D eigenvalue weighted by atomic mass is 9.91. The van der Waals surface area contributed by atoms with E-state index in [4.69, 9.17) is 0 Å². The van der Waals surface area contributed by atoms with Crippen molar-refractivity contribution in [1.29, 1.82) is 0 Å². The molecule has 88 valence electrons. The van der Waals surface area contributed by atoms with Gasteiger partial charge in [-0.05, 0) is 42.7 Å². The smallest absolute Gasteiger partial charge is 0.0130 e. The summed E-state index contributed by atoms with van der Waals surface area (Å²) in [5.74, 6) is 1.31. The fourth-order valence-corrected chi connectivity index (χ4v) is 1.99. The van der Waals surface area contributed by atoms with Gasteiger partial charge in [-0.1, -0.05) is 57.2 Å². The molecule has 0 saturated carbocycles. The van der Waals surface area contributed by atoms with Crippen LogP contribution in [0.3, 0.4) is 0 Å². The third kappa shape index (κ3) is 3.52. The maximum absolute atomic E-state index is 2.30. The topological polar surface area (TPSA) is 0 Å². The number of allylic oxidation sites excluding steroid dienone is 2. The van der Waals surface area contributed by atoms with Crippen LogP contribution in [0.15, 0.2) is 36.4 Å². The van der Waals surface area contributed by atoms with Crippen molar-refractivity contribution in [1.82, 2.24) is 0 Å². The van der Waals surface area contributed by atoms with E-state index >= 15 is 0 Å². The standard InChI is InChI=1S/C16H24/c1-5-7-8-14(6-2)16-11-9-15(10-12-16)13(3)4/h5,7,9-14H,6,8H2,1-4H3/b7-5-. The van der Waals surface area contributed by atoms with Crippen molar-refractivity contribution >= 4 is 0 Å². The van der Waals surface area contributed by atoms with Gasteiger partial charge in [0.05, 0.1) is 0 Å². The van der Waals surface area contributed by atoms with Gasteiger partial charge in [-0.3, -0.25) is 0 Å². The van der Waals surface area contributed by atoms with Gasteiger partial charge < -0.3 is 0 Å². The van der Waals surface area contributed by atoms with Gasteiger partial charge in [0.25, 0.3) is 0 Å². The highest BCUT2D eigenvalue weighted by atomic mass is 14.1. The van der Waals surface area contributed by atoms with E-state index in [1.807, 2.05) is 0 Å². The van der Waals surface area contributed by atoms with E-state index in [9.17, 15) is 0 Å². The molecule has 0 bridgehead atoms. The van der Waals surface area contributed by atoms with Crippen molar-refractivity contribution < 1.29 is 0 Å². The van der Waals surface area contributed by atoms with Crippen molar-refractivity contribution in [2.24, 2.45) is 0 Å². The summed E-state index contributed by atoms with van der Waals surface area (Å²) in [4.78, 5) is 0. The van der Waals surface area contributed by atoms with E-state index in [0.717, 1.165) is 6.42 Å². The second-order valence-electron chi connectivity index (χ2n) is 4.73. The molecule has 0 nitrogen and oxygen atoms in total. The second-order valence-corrected chi connectivity index (χ2v) is 4.73. The Morgan fingerprint density at radius 3 is 2.06 bits per heavy atom. The van der Waals surface area contributed by atoms with E-state index in [2.05, 4.69) is 64.1 Å². The fraction of sp³-hybridized carbons (Fsp3) is 0.500. The zero-order valence-electron chi connectivity index (χ0n) is 11.0. The Balaban J connectivity index is 2.77. The first-order chi connectivity index (χ1) is 7.69. The summed E-state index contributed by atoms with van der Waals surface area (Å²) >= 11 is 0. The molecule has 1 atom stereocenters. The Labute approximate surface area is 100 Å². The van der Waals surface area contributed by atoms with Crippen molar-refractivity contribution in [2.45, 2.75) is 52.4 Å². The van der Waals surface area contributed by atoms with E-state index in [-0.39, 0.29) is 0 Å². The van der Waals surface area contributed by atoms with Crippen LogP contribution in [0.25, 0.3) is 0 Å².